The van der Waals surface area contributed by atoms with Gasteiger partial charge in [0.25, 0.3) is 10.1 Å². The van der Waals surface area contributed by atoms with Gasteiger partial charge in [-0.05, 0) is 41.8 Å². The second kappa shape index (κ2) is 11.6. The van der Waals surface area contributed by atoms with Crippen LogP contribution in [-0.4, -0.2) is 40.4 Å². The van der Waals surface area contributed by atoms with E-state index in [4.69, 9.17) is 21.6 Å². The van der Waals surface area contributed by atoms with Crippen LogP contribution in [0.4, 0.5) is 31.7 Å². The summed E-state index contributed by atoms with van der Waals surface area (Å²) in [5.74, 6) is -1.95. The Hall–Kier alpha value is -3.71. The molecule has 18 heteroatoms. The number of aromatic hydroxyl groups is 1. The highest BCUT2D eigenvalue weighted by atomic mass is 35.5. The van der Waals surface area contributed by atoms with Crippen LogP contribution >= 0.6 is 23.6 Å². The van der Waals surface area contributed by atoms with E-state index in [2.05, 4.69) is 34.9 Å². The Morgan fingerprint density at radius 2 is 1.87 bits per heavy atom. The van der Waals surface area contributed by atoms with Gasteiger partial charge in [-0.1, -0.05) is 16.6 Å². The Morgan fingerprint density at radius 3 is 2.56 bits per heavy atom. The van der Waals surface area contributed by atoms with Gasteiger partial charge in [0.15, 0.2) is 11.6 Å². The van der Waals surface area contributed by atoms with E-state index >= 15 is 0 Å². The van der Waals surface area contributed by atoms with Gasteiger partial charge in [-0.2, -0.15) is 27.2 Å². The third-order valence-corrected chi connectivity index (χ3v) is 6.79. The van der Waals surface area contributed by atoms with E-state index < -0.39 is 37.8 Å². The third kappa shape index (κ3) is 6.31. The standard InChI is InChI=1S/C21H14ClF2N5O8S2/c1-35-11-3-5-13(15(8-11)39(32,33)34)28-29-17-14(38-37-36-31)7-9-6-10(2-4-12(9)18(17)30)25-20-16(22)19(23)26-21(24)27-20/h2-8,30-31H,1H3,(H,25,26,27)(H,32,33,34)/b29-28+. The van der Waals surface area contributed by atoms with Crippen LogP contribution in [0.1, 0.15) is 0 Å². The molecule has 0 aliphatic rings. The molecule has 0 radical (unpaired) electrons. The maximum absolute atomic E-state index is 13.7. The fourth-order valence-electron chi connectivity index (χ4n) is 3.27. The number of fused-ring (bicyclic) bond motifs is 1. The summed E-state index contributed by atoms with van der Waals surface area (Å²) in [6.45, 7) is 0. The average Bonchev–Trinajstić information content (AvgIpc) is 2.89. The maximum Gasteiger partial charge on any atom is 0.313 e. The lowest BCUT2D eigenvalue weighted by molar-refractivity contribution is -0.432. The Balaban J connectivity index is 1.79. The van der Waals surface area contributed by atoms with E-state index in [1.807, 2.05) is 0 Å². The second-order valence-corrected chi connectivity index (χ2v) is 9.82. The number of benzene rings is 3. The number of nitrogens with zero attached hydrogens (tertiary/aromatic N) is 4. The lowest BCUT2D eigenvalue weighted by atomic mass is 10.1. The number of hydrogen-bond acceptors (Lipinski definition) is 13. The number of azo groups is 1. The zero-order valence-corrected chi connectivity index (χ0v) is 21.6. The molecule has 39 heavy (non-hydrogen) atoms. The summed E-state index contributed by atoms with van der Waals surface area (Å²) in [7, 11) is -3.43. The summed E-state index contributed by atoms with van der Waals surface area (Å²) in [6, 6.07) is 9.33. The van der Waals surface area contributed by atoms with Crippen LogP contribution in [0.25, 0.3) is 10.8 Å². The topological polar surface area (TPSA) is 185 Å². The van der Waals surface area contributed by atoms with Crippen molar-refractivity contribution in [3.63, 3.8) is 0 Å². The molecule has 3 aromatic carbocycles. The fourth-order valence-corrected chi connectivity index (χ4v) is 4.53. The van der Waals surface area contributed by atoms with E-state index in [-0.39, 0.29) is 38.9 Å². The van der Waals surface area contributed by atoms with Gasteiger partial charge in [0.1, 0.15) is 27.0 Å². The smallest absolute Gasteiger partial charge is 0.313 e. The molecule has 1 aromatic heterocycles. The quantitative estimate of drug-likeness (QED) is 0.0328. The summed E-state index contributed by atoms with van der Waals surface area (Å²) in [5.41, 5.74) is -0.263. The molecule has 1 heterocycles. The van der Waals surface area contributed by atoms with Crippen LogP contribution in [0.3, 0.4) is 0 Å². The monoisotopic (exact) mass is 601 g/mol. The number of nitrogens with one attached hydrogen (secondary N) is 1. The maximum atomic E-state index is 13.7. The van der Waals surface area contributed by atoms with Gasteiger partial charge in [0.05, 0.1) is 24.0 Å². The Kier molecular flexibility index (Phi) is 8.40. The van der Waals surface area contributed by atoms with Crippen LogP contribution < -0.4 is 10.1 Å². The number of methoxy groups -OCH3 is 1. The molecule has 0 fully saturated rings. The fraction of sp³-hybridized carbons (Fsp3) is 0.0476. The van der Waals surface area contributed by atoms with E-state index in [9.17, 15) is 26.9 Å². The summed E-state index contributed by atoms with van der Waals surface area (Å²) in [6.07, 6.45) is -1.35. The van der Waals surface area contributed by atoms with Crippen molar-refractivity contribution in [2.45, 2.75) is 9.79 Å². The zero-order valence-electron chi connectivity index (χ0n) is 19.2. The van der Waals surface area contributed by atoms with Crippen molar-refractivity contribution in [3.8, 4) is 11.5 Å². The number of aromatic nitrogens is 2. The van der Waals surface area contributed by atoms with Gasteiger partial charge in [-0.3, -0.25) is 4.55 Å². The molecule has 13 nitrogen and oxygen atoms in total. The highest BCUT2D eigenvalue weighted by molar-refractivity contribution is 7.94. The predicted molar refractivity (Wildman–Crippen MR) is 133 cm³/mol. The van der Waals surface area contributed by atoms with Gasteiger partial charge < -0.3 is 15.2 Å². The highest BCUT2D eigenvalue weighted by Crippen LogP contribution is 2.45. The summed E-state index contributed by atoms with van der Waals surface area (Å²) >= 11 is 6.20. The first-order chi connectivity index (χ1) is 18.5. The summed E-state index contributed by atoms with van der Waals surface area (Å²) in [4.78, 5) is 5.71. The average molecular weight is 602 g/mol. The molecule has 0 amide bonds. The number of phenols is 1. The second-order valence-electron chi connectivity index (χ2n) is 7.31. The molecule has 0 spiro atoms. The Morgan fingerprint density at radius 1 is 1.10 bits per heavy atom. The van der Waals surface area contributed by atoms with Crippen LogP contribution in [0.15, 0.2) is 62.5 Å². The van der Waals surface area contributed by atoms with Gasteiger partial charge in [0, 0.05) is 17.1 Å². The lowest BCUT2D eigenvalue weighted by Crippen LogP contribution is -2.02. The van der Waals surface area contributed by atoms with Crippen molar-refractivity contribution >= 4 is 67.4 Å². The molecule has 0 saturated carbocycles. The number of anilines is 2. The van der Waals surface area contributed by atoms with E-state index in [0.29, 0.717) is 17.4 Å². The molecule has 4 rings (SSSR count). The zero-order chi connectivity index (χ0) is 28.3. The molecular formula is C21H14ClF2N5O8S2. The molecule has 0 unspecified atom stereocenters. The molecule has 4 aromatic rings. The van der Waals surface area contributed by atoms with Crippen molar-refractivity contribution in [2.75, 3.05) is 12.4 Å². The molecule has 4 N–H and O–H groups in total. The molecule has 0 atom stereocenters. The van der Waals surface area contributed by atoms with E-state index in [0.717, 1.165) is 6.07 Å². The van der Waals surface area contributed by atoms with Crippen LogP contribution in [0.2, 0.25) is 5.02 Å². The Bertz CT molecular complexity index is 1710. The van der Waals surface area contributed by atoms with Gasteiger partial charge >= 0.3 is 6.08 Å². The first-order valence-electron chi connectivity index (χ1n) is 10.2. The third-order valence-electron chi connectivity index (χ3n) is 4.95. The number of ether oxygens (including phenoxy) is 1. The van der Waals surface area contributed by atoms with Gasteiger partial charge in [-0.25, -0.2) is 5.26 Å². The normalized spacial score (nSPS) is 11.8. The summed E-state index contributed by atoms with van der Waals surface area (Å²) in [5, 5.41) is 33.5. The molecule has 204 valence electrons. The largest absolute Gasteiger partial charge is 0.505 e. The first kappa shape index (κ1) is 28.3. The first-order valence-corrected chi connectivity index (χ1v) is 12.7. The number of phenolic OH excluding ortho intramolecular Hbond substituents is 1. The number of halogens is 3. The minimum atomic E-state index is -4.73. The van der Waals surface area contributed by atoms with Gasteiger partial charge in [0.2, 0.25) is 5.95 Å². The summed E-state index contributed by atoms with van der Waals surface area (Å²) < 4.78 is 69.7. The van der Waals surface area contributed by atoms with Crippen LogP contribution in [-0.2, 0) is 19.5 Å². The molecule has 0 saturated heterocycles. The SMILES string of the molecule is COc1ccc(/N=N/c2c(SOOO)cc3cc(Nc4nc(F)nc(F)c4Cl)ccc3c2O)c(S(=O)(=O)O)c1. The minimum Gasteiger partial charge on any atom is -0.505 e. The lowest BCUT2D eigenvalue weighted by Gasteiger charge is -2.12. The van der Waals surface area contributed by atoms with Crippen molar-refractivity contribution in [1.29, 1.82) is 0 Å². The van der Waals surface area contributed by atoms with Gasteiger partial charge in [-0.15, -0.1) is 14.6 Å². The van der Waals surface area contributed by atoms with Crippen LogP contribution in [0, 0.1) is 12.0 Å². The van der Waals surface area contributed by atoms with Crippen molar-refractivity contribution in [2.24, 2.45) is 10.2 Å². The van der Waals surface area contributed by atoms with E-state index in [1.54, 1.807) is 0 Å². The molecule has 0 aliphatic heterocycles. The minimum absolute atomic E-state index is 0.0222. The Labute approximate surface area is 226 Å². The van der Waals surface area contributed by atoms with Crippen molar-refractivity contribution in [3.05, 3.63) is 59.5 Å². The molecule has 0 aliphatic carbocycles. The van der Waals surface area contributed by atoms with Crippen molar-refractivity contribution < 1.29 is 46.2 Å². The number of hydrogen-bond donors (Lipinski definition) is 4. The van der Waals surface area contributed by atoms with E-state index in [1.165, 1.54) is 43.5 Å². The van der Waals surface area contributed by atoms with Crippen molar-refractivity contribution in [1.82, 2.24) is 9.97 Å². The number of rotatable bonds is 9. The predicted octanol–water partition coefficient (Wildman–Crippen LogP) is 6.11. The molecule has 0 bridgehead atoms. The molecular weight excluding hydrogens is 588 g/mol. The highest BCUT2D eigenvalue weighted by Gasteiger charge is 2.20. The van der Waals surface area contributed by atoms with Crippen LogP contribution in [0.5, 0.6) is 11.5 Å².